The van der Waals surface area contributed by atoms with E-state index >= 15 is 0 Å². The third kappa shape index (κ3) is 2.71. The number of benzene rings is 1. The predicted molar refractivity (Wildman–Crippen MR) is 65.5 cm³/mol. The van der Waals surface area contributed by atoms with Gasteiger partial charge in [0.1, 0.15) is 0 Å². The average molecular weight is 245 g/mol. The molecular formula is C14H12FNO2. The predicted octanol–water partition coefficient (Wildman–Crippen LogP) is 3.52. The highest BCUT2D eigenvalue weighted by atomic mass is 19.1. The Bertz CT molecular complexity index is 579. The molecule has 0 N–H and O–H groups in total. The van der Waals surface area contributed by atoms with Gasteiger partial charge in [0, 0.05) is 17.8 Å². The van der Waals surface area contributed by atoms with Gasteiger partial charge >= 0.3 is 0 Å². The lowest BCUT2D eigenvalue weighted by Gasteiger charge is -2.06. The summed E-state index contributed by atoms with van der Waals surface area (Å²) >= 11 is 0. The molecular weight excluding hydrogens is 233 g/mol. The fourth-order valence-corrected chi connectivity index (χ4v) is 1.45. The van der Waals surface area contributed by atoms with E-state index in [1.54, 1.807) is 24.3 Å². The number of aryl methyl sites for hydroxylation is 1. The van der Waals surface area contributed by atoms with Gasteiger partial charge in [-0.15, -0.1) is 0 Å². The van der Waals surface area contributed by atoms with Crippen molar-refractivity contribution in [1.82, 2.24) is 4.98 Å². The summed E-state index contributed by atoms with van der Waals surface area (Å²) < 4.78 is 18.8. The second-order valence-electron chi connectivity index (χ2n) is 3.98. The second kappa shape index (κ2) is 4.96. The Balaban J connectivity index is 2.23. The van der Waals surface area contributed by atoms with Gasteiger partial charge in [0.15, 0.2) is 17.3 Å². The number of ether oxygens (including phenoxy) is 1. The number of rotatable bonds is 3. The van der Waals surface area contributed by atoms with Gasteiger partial charge in [-0.2, -0.15) is 0 Å². The van der Waals surface area contributed by atoms with E-state index in [0.717, 1.165) is 5.56 Å². The zero-order valence-corrected chi connectivity index (χ0v) is 10.1. The lowest BCUT2D eigenvalue weighted by atomic mass is 10.2. The van der Waals surface area contributed by atoms with Crippen LogP contribution in [-0.4, -0.2) is 10.8 Å². The lowest BCUT2D eigenvalue weighted by molar-refractivity contribution is 0.101. The van der Waals surface area contributed by atoms with E-state index in [2.05, 4.69) is 4.98 Å². The van der Waals surface area contributed by atoms with Crippen LogP contribution in [0.25, 0.3) is 0 Å². The smallest absolute Gasteiger partial charge is 0.219 e. The first-order valence-corrected chi connectivity index (χ1v) is 5.47. The minimum absolute atomic E-state index is 0.0733. The third-order valence-corrected chi connectivity index (χ3v) is 2.44. The summed E-state index contributed by atoms with van der Waals surface area (Å²) in [7, 11) is 0. The maximum absolute atomic E-state index is 13.5. The lowest BCUT2D eigenvalue weighted by Crippen LogP contribution is -1.95. The number of halogens is 1. The summed E-state index contributed by atoms with van der Waals surface area (Å²) in [6, 6.07) is 7.73. The molecule has 18 heavy (non-hydrogen) atoms. The molecule has 0 unspecified atom stereocenters. The maximum Gasteiger partial charge on any atom is 0.219 e. The number of carbonyl (C=O) groups is 1. The van der Waals surface area contributed by atoms with Crippen molar-refractivity contribution in [2.24, 2.45) is 0 Å². The van der Waals surface area contributed by atoms with Gasteiger partial charge in [-0.3, -0.25) is 4.79 Å². The molecule has 2 aromatic rings. The molecule has 4 heteroatoms. The van der Waals surface area contributed by atoms with Gasteiger partial charge in [-0.05, 0) is 37.6 Å². The molecule has 1 aromatic heterocycles. The van der Waals surface area contributed by atoms with Gasteiger partial charge in [0.2, 0.25) is 5.88 Å². The van der Waals surface area contributed by atoms with E-state index in [-0.39, 0.29) is 17.4 Å². The SMILES string of the molecule is CC(=O)c1ccc(Oc2cc(C)ccc2F)nc1. The Morgan fingerprint density at radius 2 is 2.06 bits per heavy atom. The maximum atomic E-state index is 13.5. The highest BCUT2D eigenvalue weighted by Gasteiger charge is 2.06. The molecule has 0 atom stereocenters. The van der Waals surface area contributed by atoms with Crippen LogP contribution in [0.3, 0.4) is 0 Å². The first kappa shape index (κ1) is 12.2. The first-order chi connectivity index (χ1) is 8.56. The van der Waals surface area contributed by atoms with E-state index in [0.29, 0.717) is 5.56 Å². The van der Waals surface area contributed by atoms with Crippen molar-refractivity contribution >= 4 is 5.78 Å². The van der Waals surface area contributed by atoms with Crippen molar-refractivity contribution in [2.75, 3.05) is 0 Å². The van der Waals surface area contributed by atoms with Gasteiger partial charge in [-0.1, -0.05) is 6.07 Å². The summed E-state index contributed by atoms with van der Waals surface area (Å²) in [5.74, 6) is -0.142. The van der Waals surface area contributed by atoms with Gasteiger partial charge in [0.25, 0.3) is 0 Å². The molecule has 0 spiro atoms. The van der Waals surface area contributed by atoms with Crippen LogP contribution in [0.1, 0.15) is 22.8 Å². The summed E-state index contributed by atoms with van der Waals surface area (Å²) in [6.45, 7) is 3.30. The normalized spacial score (nSPS) is 10.2. The monoisotopic (exact) mass is 245 g/mol. The number of ketones is 1. The Hall–Kier alpha value is -2.23. The Morgan fingerprint density at radius 1 is 1.28 bits per heavy atom. The number of carbonyl (C=O) groups excluding carboxylic acids is 1. The van der Waals surface area contributed by atoms with Gasteiger partial charge in [0.05, 0.1) is 0 Å². The van der Waals surface area contributed by atoms with Crippen LogP contribution in [0.4, 0.5) is 4.39 Å². The standard InChI is InChI=1S/C14H12FNO2/c1-9-3-5-12(15)13(7-9)18-14-6-4-11(8-16-14)10(2)17/h3-8H,1-2H3. The number of aromatic nitrogens is 1. The fraction of sp³-hybridized carbons (Fsp3) is 0.143. The van der Waals surface area contributed by atoms with E-state index in [1.165, 1.54) is 19.2 Å². The van der Waals surface area contributed by atoms with Crippen LogP contribution in [-0.2, 0) is 0 Å². The molecule has 0 aliphatic heterocycles. The van der Waals surface area contributed by atoms with Crippen LogP contribution in [0, 0.1) is 12.7 Å². The van der Waals surface area contributed by atoms with E-state index in [4.69, 9.17) is 4.74 Å². The Labute approximate surface area is 104 Å². The van der Waals surface area contributed by atoms with Gasteiger partial charge < -0.3 is 4.74 Å². The highest BCUT2D eigenvalue weighted by Crippen LogP contribution is 2.24. The molecule has 0 aliphatic rings. The molecule has 0 bridgehead atoms. The summed E-state index contributed by atoms with van der Waals surface area (Å²) in [6.07, 6.45) is 1.41. The van der Waals surface area contributed by atoms with Crippen molar-refractivity contribution in [1.29, 1.82) is 0 Å². The highest BCUT2D eigenvalue weighted by molar-refractivity contribution is 5.93. The number of hydrogen-bond acceptors (Lipinski definition) is 3. The van der Waals surface area contributed by atoms with Crippen molar-refractivity contribution in [3.63, 3.8) is 0 Å². The third-order valence-electron chi connectivity index (χ3n) is 2.44. The van der Waals surface area contributed by atoms with Crippen molar-refractivity contribution in [2.45, 2.75) is 13.8 Å². The van der Waals surface area contributed by atoms with Crippen LogP contribution in [0.2, 0.25) is 0 Å². The molecule has 0 saturated carbocycles. The zero-order chi connectivity index (χ0) is 13.1. The topological polar surface area (TPSA) is 39.2 Å². The largest absolute Gasteiger partial charge is 0.436 e. The minimum atomic E-state index is -0.446. The first-order valence-electron chi connectivity index (χ1n) is 5.47. The number of nitrogens with zero attached hydrogens (tertiary/aromatic N) is 1. The van der Waals surface area contributed by atoms with Crippen molar-refractivity contribution in [3.05, 3.63) is 53.5 Å². The van der Waals surface area contributed by atoms with E-state index in [1.807, 2.05) is 6.92 Å². The molecule has 3 nitrogen and oxygen atoms in total. The van der Waals surface area contributed by atoms with Crippen LogP contribution in [0.5, 0.6) is 11.6 Å². The molecule has 0 fully saturated rings. The number of Topliss-reactive ketones (excluding diaryl/α,β-unsaturated/α-hetero) is 1. The Kier molecular flexibility index (Phi) is 3.37. The van der Waals surface area contributed by atoms with Crippen LogP contribution in [0.15, 0.2) is 36.5 Å². The van der Waals surface area contributed by atoms with E-state index < -0.39 is 5.82 Å². The molecule has 0 radical (unpaired) electrons. The van der Waals surface area contributed by atoms with E-state index in [9.17, 15) is 9.18 Å². The molecule has 0 saturated heterocycles. The zero-order valence-electron chi connectivity index (χ0n) is 10.1. The summed E-state index contributed by atoms with van der Waals surface area (Å²) in [5, 5.41) is 0. The molecule has 2 rings (SSSR count). The van der Waals surface area contributed by atoms with Gasteiger partial charge in [-0.25, -0.2) is 9.37 Å². The molecule has 1 aromatic carbocycles. The minimum Gasteiger partial charge on any atom is -0.436 e. The molecule has 92 valence electrons. The van der Waals surface area contributed by atoms with Crippen LogP contribution < -0.4 is 4.74 Å². The summed E-state index contributed by atoms with van der Waals surface area (Å²) in [4.78, 5) is 15.0. The molecule has 1 heterocycles. The molecule has 0 amide bonds. The second-order valence-corrected chi connectivity index (χ2v) is 3.98. The Morgan fingerprint density at radius 3 is 2.67 bits per heavy atom. The number of hydrogen-bond donors (Lipinski definition) is 0. The average Bonchev–Trinajstić information content (AvgIpc) is 2.34. The quantitative estimate of drug-likeness (QED) is 0.776. The van der Waals surface area contributed by atoms with Crippen molar-refractivity contribution in [3.8, 4) is 11.6 Å². The molecule has 0 aliphatic carbocycles. The van der Waals surface area contributed by atoms with Crippen LogP contribution >= 0.6 is 0 Å². The fourth-order valence-electron chi connectivity index (χ4n) is 1.45. The number of pyridine rings is 1. The summed E-state index contributed by atoms with van der Waals surface area (Å²) in [5.41, 5.74) is 1.39. The van der Waals surface area contributed by atoms with Crippen molar-refractivity contribution < 1.29 is 13.9 Å².